The van der Waals surface area contributed by atoms with Gasteiger partial charge >= 0.3 is 0 Å². The molecule has 1 fully saturated rings. The average molecular weight is 346 g/mol. The number of carbonyl (C=O) groups excluding carboxylic acids is 1. The molecule has 5 heteroatoms. The van der Waals surface area contributed by atoms with Crippen molar-refractivity contribution in [1.29, 1.82) is 0 Å². The molecular weight excluding hydrogens is 316 g/mol. The molecule has 0 bridgehead atoms. The van der Waals surface area contributed by atoms with Gasteiger partial charge in [-0.2, -0.15) is 0 Å². The second kappa shape index (κ2) is 9.09. The van der Waals surface area contributed by atoms with Crippen molar-refractivity contribution in [3.05, 3.63) is 23.8 Å². The molecule has 0 atom stereocenters. The molecule has 1 aromatic rings. The molecule has 0 unspecified atom stereocenters. The minimum absolute atomic E-state index is 0.146. The van der Waals surface area contributed by atoms with Crippen LogP contribution in [-0.2, 0) is 11.3 Å². The maximum atomic E-state index is 12.5. The lowest BCUT2D eigenvalue weighted by Crippen LogP contribution is -2.42. The van der Waals surface area contributed by atoms with Crippen molar-refractivity contribution >= 4 is 5.91 Å². The lowest BCUT2D eigenvalue weighted by Gasteiger charge is -2.24. The van der Waals surface area contributed by atoms with Crippen molar-refractivity contribution in [3.63, 3.8) is 0 Å². The Morgan fingerprint density at radius 1 is 1.12 bits per heavy atom. The minimum atomic E-state index is 0.146. The lowest BCUT2D eigenvalue weighted by molar-refractivity contribution is -0.123. The van der Waals surface area contributed by atoms with Crippen LogP contribution in [0, 0.1) is 0 Å². The Morgan fingerprint density at radius 2 is 1.84 bits per heavy atom. The highest BCUT2D eigenvalue weighted by Gasteiger charge is 2.18. The zero-order chi connectivity index (χ0) is 17.5. The lowest BCUT2D eigenvalue weighted by atomic mass is 9.97. The van der Waals surface area contributed by atoms with Gasteiger partial charge in [0.25, 0.3) is 0 Å². The predicted octanol–water partition coefficient (Wildman–Crippen LogP) is 3.47. The van der Waals surface area contributed by atoms with Crippen LogP contribution in [0.4, 0.5) is 0 Å². The van der Waals surface area contributed by atoms with E-state index in [1.54, 1.807) is 0 Å². The molecule has 1 heterocycles. The van der Waals surface area contributed by atoms with Gasteiger partial charge in [0.1, 0.15) is 0 Å². The molecular formula is C20H30N2O3. The molecule has 1 aliphatic heterocycles. The Bertz CT molecular complexity index is 568. The number of nitrogens with one attached hydrogen (secondary N) is 1. The van der Waals surface area contributed by atoms with E-state index in [2.05, 4.69) is 17.1 Å². The van der Waals surface area contributed by atoms with Gasteiger partial charge in [0.2, 0.25) is 12.7 Å². The van der Waals surface area contributed by atoms with Gasteiger partial charge in [0.05, 0.1) is 6.54 Å². The molecule has 0 saturated heterocycles. The van der Waals surface area contributed by atoms with E-state index in [-0.39, 0.29) is 5.91 Å². The summed E-state index contributed by atoms with van der Waals surface area (Å²) < 4.78 is 10.8. The van der Waals surface area contributed by atoms with Crippen LogP contribution >= 0.6 is 0 Å². The molecule has 0 radical (unpaired) electrons. The third kappa shape index (κ3) is 5.36. The summed E-state index contributed by atoms with van der Waals surface area (Å²) in [6.45, 7) is 4.41. The van der Waals surface area contributed by atoms with Gasteiger partial charge in [-0.3, -0.25) is 9.69 Å². The van der Waals surface area contributed by atoms with Gasteiger partial charge < -0.3 is 14.8 Å². The Morgan fingerprint density at radius 3 is 2.60 bits per heavy atom. The van der Waals surface area contributed by atoms with Crippen molar-refractivity contribution in [2.24, 2.45) is 0 Å². The number of rotatable bonds is 6. The van der Waals surface area contributed by atoms with Gasteiger partial charge in [0, 0.05) is 12.6 Å². The van der Waals surface area contributed by atoms with Crippen molar-refractivity contribution in [3.8, 4) is 11.5 Å². The maximum absolute atomic E-state index is 12.5. The van der Waals surface area contributed by atoms with Crippen molar-refractivity contribution in [2.45, 2.75) is 64.5 Å². The average Bonchev–Trinajstić information content (AvgIpc) is 3.04. The highest BCUT2D eigenvalue weighted by atomic mass is 16.7. The number of hydrogen-bond acceptors (Lipinski definition) is 4. The number of carbonyl (C=O) groups is 1. The summed E-state index contributed by atoms with van der Waals surface area (Å²) >= 11 is 0. The largest absolute Gasteiger partial charge is 0.454 e. The van der Waals surface area contributed by atoms with Crippen LogP contribution in [-0.4, -0.2) is 36.7 Å². The summed E-state index contributed by atoms with van der Waals surface area (Å²) in [6.07, 6.45) is 8.67. The third-order valence-corrected chi connectivity index (χ3v) is 5.13. The van der Waals surface area contributed by atoms with E-state index in [1.165, 1.54) is 32.1 Å². The minimum Gasteiger partial charge on any atom is -0.454 e. The number of hydrogen-bond donors (Lipinski definition) is 1. The second-order valence-corrected chi connectivity index (χ2v) is 7.10. The Labute approximate surface area is 150 Å². The summed E-state index contributed by atoms with van der Waals surface area (Å²) in [5, 5.41) is 3.25. The summed E-state index contributed by atoms with van der Waals surface area (Å²) in [7, 11) is 0. The summed E-state index contributed by atoms with van der Waals surface area (Å²) in [4.78, 5) is 14.6. The topological polar surface area (TPSA) is 50.8 Å². The van der Waals surface area contributed by atoms with E-state index in [0.717, 1.165) is 43.0 Å². The van der Waals surface area contributed by atoms with Gasteiger partial charge in [-0.15, -0.1) is 0 Å². The zero-order valence-electron chi connectivity index (χ0n) is 15.3. The molecule has 1 aromatic carbocycles. The fourth-order valence-corrected chi connectivity index (χ4v) is 3.65. The van der Waals surface area contributed by atoms with Gasteiger partial charge in [-0.1, -0.05) is 45.1 Å². The number of likely N-dealkylation sites (N-methyl/N-ethyl adjacent to an activating group) is 1. The number of amides is 1. The molecule has 25 heavy (non-hydrogen) atoms. The van der Waals surface area contributed by atoms with E-state index in [0.29, 0.717) is 19.4 Å². The van der Waals surface area contributed by atoms with Crippen LogP contribution in [0.2, 0.25) is 0 Å². The Hall–Kier alpha value is -1.75. The fraction of sp³-hybridized carbons (Fsp3) is 0.650. The van der Waals surface area contributed by atoms with Gasteiger partial charge in [-0.25, -0.2) is 0 Å². The van der Waals surface area contributed by atoms with Crippen LogP contribution in [0.1, 0.15) is 57.4 Å². The fourth-order valence-electron chi connectivity index (χ4n) is 3.65. The Balaban J connectivity index is 1.49. The molecule has 1 amide bonds. The molecule has 0 aromatic heterocycles. The van der Waals surface area contributed by atoms with Crippen LogP contribution in [0.25, 0.3) is 0 Å². The predicted molar refractivity (Wildman–Crippen MR) is 97.8 cm³/mol. The molecule has 5 nitrogen and oxygen atoms in total. The molecule has 2 aliphatic rings. The number of ether oxygens (including phenoxy) is 2. The van der Waals surface area contributed by atoms with Crippen LogP contribution in [0.5, 0.6) is 11.5 Å². The van der Waals surface area contributed by atoms with E-state index in [9.17, 15) is 4.79 Å². The van der Waals surface area contributed by atoms with Gasteiger partial charge in [-0.05, 0) is 37.1 Å². The second-order valence-electron chi connectivity index (χ2n) is 7.10. The zero-order valence-corrected chi connectivity index (χ0v) is 15.3. The van der Waals surface area contributed by atoms with E-state index >= 15 is 0 Å². The number of benzene rings is 1. The van der Waals surface area contributed by atoms with E-state index in [4.69, 9.17) is 9.47 Å². The standard InChI is InChI=1S/C20H30N2O3/c1-2-22(13-16-10-11-18-19(12-16)25-15-24-18)14-20(23)21-17-8-6-4-3-5-7-9-17/h10-12,17H,2-9,13-15H2,1H3,(H,21,23). The molecule has 138 valence electrons. The normalized spacial score (nSPS) is 18.0. The summed E-state index contributed by atoms with van der Waals surface area (Å²) in [6, 6.07) is 6.36. The van der Waals surface area contributed by atoms with E-state index in [1.807, 2.05) is 18.2 Å². The van der Waals surface area contributed by atoms with Crippen LogP contribution < -0.4 is 14.8 Å². The molecule has 1 saturated carbocycles. The molecule has 3 rings (SSSR count). The summed E-state index contributed by atoms with van der Waals surface area (Å²) in [5.41, 5.74) is 1.14. The van der Waals surface area contributed by atoms with Gasteiger partial charge in [0.15, 0.2) is 11.5 Å². The quantitative estimate of drug-likeness (QED) is 0.857. The highest BCUT2D eigenvalue weighted by Crippen LogP contribution is 2.32. The molecule has 0 spiro atoms. The van der Waals surface area contributed by atoms with Crippen molar-refractivity contribution < 1.29 is 14.3 Å². The SMILES string of the molecule is CCN(CC(=O)NC1CCCCCCC1)Cc1ccc2c(c1)OCO2. The van der Waals surface area contributed by atoms with Crippen LogP contribution in [0.3, 0.4) is 0 Å². The monoisotopic (exact) mass is 346 g/mol. The van der Waals surface area contributed by atoms with Crippen molar-refractivity contribution in [2.75, 3.05) is 19.9 Å². The number of fused-ring (bicyclic) bond motifs is 1. The van der Waals surface area contributed by atoms with E-state index < -0.39 is 0 Å². The highest BCUT2D eigenvalue weighted by molar-refractivity contribution is 5.78. The first-order valence-corrected chi connectivity index (χ1v) is 9.65. The first kappa shape index (κ1) is 18.1. The third-order valence-electron chi connectivity index (χ3n) is 5.13. The molecule has 1 aliphatic carbocycles. The smallest absolute Gasteiger partial charge is 0.234 e. The van der Waals surface area contributed by atoms with Crippen LogP contribution in [0.15, 0.2) is 18.2 Å². The first-order valence-electron chi connectivity index (χ1n) is 9.65. The maximum Gasteiger partial charge on any atom is 0.234 e. The Kier molecular flexibility index (Phi) is 6.56. The van der Waals surface area contributed by atoms with Crippen molar-refractivity contribution in [1.82, 2.24) is 10.2 Å². The summed E-state index contributed by atoms with van der Waals surface area (Å²) in [5.74, 6) is 1.74. The number of nitrogens with zero attached hydrogens (tertiary/aromatic N) is 1. The first-order chi connectivity index (χ1) is 12.2. The molecule has 1 N–H and O–H groups in total.